The summed E-state index contributed by atoms with van der Waals surface area (Å²) in [6.45, 7) is 0. The molecule has 3 heteroatoms. The number of aromatic nitrogens is 3. The molecular formula is C17H13N3. The largest absolute Gasteiger partial charge is 0.347 e. The molecule has 2 aromatic heterocycles. The molecule has 4 rings (SSSR count). The van der Waals surface area contributed by atoms with Gasteiger partial charge in [-0.3, -0.25) is 4.57 Å². The number of hydrogen-bond acceptors (Lipinski definition) is 1. The fourth-order valence-electron chi connectivity index (χ4n) is 2.57. The van der Waals surface area contributed by atoms with Crippen LogP contribution < -0.4 is 0 Å². The van der Waals surface area contributed by atoms with Crippen molar-refractivity contribution in [3.05, 3.63) is 73.4 Å². The van der Waals surface area contributed by atoms with E-state index in [0.29, 0.717) is 0 Å². The number of benzene rings is 2. The molecule has 20 heavy (non-hydrogen) atoms. The van der Waals surface area contributed by atoms with Gasteiger partial charge < -0.3 is 4.98 Å². The fraction of sp³-hybridized carbons (Fsp3) is 0. The Hall–Kier alpha value is -2.81. The van der Waals surface area contributed by atoms with Gasteiger partial charge in [-0.25, -0.2) is 4.98 Å². The van der Waals surface area contributed by atoms with E-state index < -0.39 is 0 Å². The smallest absolute Gasteiger partial charge is 0.115 e. The van der Waals surface area contributed by atoms with Crippen molar-refractivity contribution >= 4 is 10.8 Å². The van der Waals surface area contributed by atoms with Crippen LogP contribution in [0.3, 0.4) is 0 Å². The monoisotopic (exact) mass is 259 g/mol. The Labute approximate surface area is 116 Å². The summed E-state index contributed by atoms with van der Waals surface area (Å²) < 4.78 is 1.97. The summed E-state index contributed by atoms with van der Waals surface area (Å²) in [5.74, 6) is 1.02. The maximum atomic E-state index is 4.07. The van der Waals surface area contributed by atoms with Crippen LogP contribution in [-0.2, 0) is 0 Å². The number of nitrogens with one attached hydrogen (secondary N) is 1. The van der Waals surface area contributed by atoms with Crippen molar-refractivity contribution in [1.82, 2.24) is 14.5 Å². The Morgan fingerprint density at radius 1 is 1.00 bits per heavy atom. The molecule has 2 aromatic carbocycles. The van der Waals surface area contributed by atoms with E-state index in [4.69, 9.17) is 0 Å². The molecule has 0 spiro atoms. The van der Waals surface area contributed by atoms with Gasteiger partial charge in [0.25, 0.3) is 0 Å². The third-order valence-electron chi connectivity index (χ3n) is 3.55. The van der Waals surface area contributed by atoms with E-state index >= 15 is 0 Å². The van der Waals surface area contributed by atoms with E-state index in [1.807, 2.05) is 17.0 Å². The summed E-state index contributed by atoms with van der Waals surface area (Å²) in [4.78, 5) is 7.37. The van der Waals surface area contributed by atoms with Crippen LogP contribution in [0.25, 0.3) is 27.7 Å². The summed E-state index contributed by atoms with van der Waals surface area (Å²) in [7, 11) is 0. The molecule has 1 N–H and O–H groups in total. The third-order valence-corrected chi connectivity index (χ3v) is 3.55. The molecule has 3 nitrogen and oxygen atoms in total. The summed E-state index contributed by atoms with van der Waals surface area (Å²) in [6.07, 6.45) is 7.53. The lowest BCUT2D eigenvalue weighted by molar-refractivity contribution is 1.01. The van der Waals surface area contributed by atoms with Crippen molar-refractivity contribution in [2.24, 2.45) is 0 Å². The molecule has 4 aromatic rings. The van der Waals surface area contributed by atoms with Crippen LogP contribution in [0.5, 0.6) is 0 Å². The first-order chi connectivity index (χ1) is 9.92. The Morgan fingerprint density at radius 2 is 1.90 bits per heavy atom. The zero-order valence-corrected chi connectivity index (χ0v) is 10.8. The number of aromatic amines is 1. The highest BCUT2D eigenvalue weighted by molar-refractivity contribution is 5.96. The molecule has 0 unspecified atom stereocenters. The van der Waals surface area contributed by atoms with Crippen LogP contribution in [0.2, 0.25) is 0 Å². The van der Waals surface area contributed by atoms with E-state index in [-0.39, 0.29) is 0 Å². The Kier molecular flexibility index (Phi) is 2.42. The zero-order valence-electron chi connectivity index (χ0n) is 10.8. The van der Waals surface area contributed by atoms with Gasteiger partial charge in [-0.05, 0) is 22.4 Å². The maximum Gasteiger partial charge on any atom is 0.115 e. The third kappa shape index (κ3) is 1.72. The lowest BCUT2D eigenvalue weighted by atomic mass is 10.0. The van der Waals surface area contributed by atoms with Crippen molar-refractivity contribution in [3.63, 3.8) is 0 Å². The Balaban J connectivity index is 1.88. The molecule has 2 heterocycles. The fourth-order valence-corrected chi connectivity index (χ4v) is 2.57. The number of rotatable bonds is 2. The quantitative estimate of drug-likeness (QED) is 0.579. The second-order valence-electron chi connectivity index (χ2n) is 4.77. The van der Waals surface area contributed by atoms with Gasteiger partial charge in [0.05, 0.1) is 0 Å². The SMILES string of the molecule is c1ccc2c(-c3c[nH]c(-n4ccnc4)c3)cccc2c1. The molecule has 0 aliphatic rings. The molecule has 0 aliphatic carbocycles. The van der Waals surface area contributed by atoms with Crippen LogP contribution in [0.4, 0.5) is 0 Å². The standard InChI is InChI=1S/C17H13N3/c1-2-6-15-13(4-1)5-3-7-16(15)14-10-17(19-11-14)20-9-8-18-12-20/h1-12,19H. The summed E-state index contributed by atoms with van der Waals surface area (Å²) >= 11 is 0. The predicted molar refractivity (Wildman–Crippen MR) is 80.9 cm³/mol. The van der Waals surface area contributed by atoms with Gasteiger partial charge in [0.15, 0.2) is 0 Å². The second-order valence-corrected chi connectivity index (χ2v) is 4.77. The van der Waals surface area contributed by atoms with Gasteiger partial charge in [0.2, 0.25) is 0 Å². The minimum atomic E-state index is 1.02. The molecular weight excluding hydrogens is 246 g/mol. The van der Waals surface area contributed by atoms with Crippen molar-refractivity contribution in [2.75, 3.05) is 0 Å². The van der Waals surface area contributed by atoms with Gasteiger partial charge in [-0.2, -0.15) is 0 Å². The molecule has 0 aliphatic heterocycles. The van der Waals surface area contributed by atoms with E-state index in [9.17, 15) is 0 Å². The Morgan fingerprint density at radius 3 is 2.80 bits per heavy atom. The van der Waals surface area contributed by atoms with E-state index in [2.05, 4.69) is 58.5 Å². The maximum absolute atomic E-state index is 4.07. The average molecular weight is 259 g/mol. The number of hydrogen-bond donors (Lipinski definition) is 1. The number of H-pyrrole nitrogens is 1. The van der Waals surface area contributed by atoms with Crippen molar-refractivity contribution in [2.45, 2.75) is 0 Å². The first-order valence-corrected chi connectivity index (χ1v) is 6.57. The van der Waals surface area contributed by atoms with Gasteiger partial charge in [-0.15, -0.1) is 0 Å². The van der Waals surface area contributed by atoms with Crippen LogP contribution in [-0.4, -0.2) is 14.5 Å². The molecule has 0 atom stereocenters. The number of nitrogens with zero attached hydrogens (tertiary/aromatic N) is 2. The highest BCUT2D eigenvalue weighted by Crippen LogP contribution is 2.29. The normalized spacial score (nSPS) is 11.0. The second kappa shape index (κ2) is 4.38. The molecule has 0 bridgehead atoms. The van der Waals surface area contributed by atoms with Gasteiger partial charge >= 0.3 is 0 Å². The minimum Gasteiger partial charge on any atom is -0.347 e. The molecule has 0 amide bonds. The Bertz CT molecular complexity index is 851. The van der Waals surface area contributed by atoms with Crippen LogP contribution in [0, 0.1) is 0 Å². The number of imidazole rings is 1. The summed E-state index contributed by atoms with van der Waals surface area (Å²) in [5, 5.41) is 2.53. The minimum absolute atomic E-state index is 1.02. The lowest BCUT2D eigenvalue weighted by Crippen LogP contribution is -1.87. The zero-order chi connectivity index (χ0) is 13.4. The highest BCUT2D eigenvalue weighted by atomic mass is 15.1. The van der Waals surface area contributed by atoms with Crippen molar-refractivity contribution in [3.8, 4) is 16.9 Å². The molecule has 0 fully saturated rings. The molecule has 0 saturated carbocycles. The van der Waals surface area contributed by atoms with Crippen molar-refractivity contribution < 1.29 is 0 Å². The molecule has 0 radical (unpaired) electrons. The van der Waals surface area contributed by atoms with Crippen LogP contribution >= 0.6 is 0 Å². The van der Waals surface area contributed by atoms with Crippen molar-refractivity contribution in [1.29, 1.82) is 0 Å². The number of fused-ring (bicyclic) bond motifs is 1. The first-order valence-electron chi connectivity index (χ1n) is 6.57. The highest BCUT2D eigenvalue weighted by Gasteiger charge is 2.06. The van der Waals surface area contributed by atoms with E-state index in [0.717, 1.165) is 5.82 Å². The van der Waals surface area contributed by atoms with Crippen LogP contribution in [0.1, 0.15) is 0 Å². The van der Waals surface area contributed by atoms with Gasteiger partial charge in [-0.1, -0.05) is 42.5 Å². The lowest BCUT2D eigenvalue weighted by Gasteiger charge is -2.04. The summed E-state index contributed by atoms with van der Waals surface area (Å²) in [6, 6.07) is 17.0. The molecule has 0 saturated heterocycles. The first kappa shape index (κ1) is 11.1. The predicted octanol–water partition coefficient (Wildman–Crippen LogP) is 4.02. The topological polar surface area (TPSA) is 33.6 Å². The van der Waals surface area contributed by atoms with Gasteiger partial charge in [0, 0.05) is 24.2 Å². The average Bonchev–Trinajstić information content (AvgIpc) is 3.17. The summed E-state index contributed by atoms with van der Waals surface area (Å²) in [5.41, 5.74) is 2.43. The van der Waals surface area contributed by atoms with Gasteiger partial charge in [0.1, 0.15) is 12.1 Å². The van der Waals surface area contributed by atoms with Crippen LogP contribution in [0.15, 0.2) is 73.4 Å². The molecule has 96 valence electrons. The van der Waals surface area contributed by atoms with E-state index in [1.165, 1.54) is 21.9 Å². The van der Waals surface area contributed by atoms with E-state index in [1.54, 1.807) is 12.5 Å².